The largest absolute Gasteiger partial charge is 0.365 e. The van der Waals surface area contributed by atoms with Gasteiger partial charge in [0.15, 0.2) is 0 Å². The Bertz CT molecular complexity index is 533. The normalized spacial score (nSPS) is 13.7. The molecule has 4 heteroatoms. The Labute approximate surface area is 105 Å². The van der Waals surface area contributed by atoms with E-state index in [1.54, 1.807) is 6.33 Å². The summed E-state index contributed by atoms with van der Waals surface area (Å²) in [6.07, 6.45) is 5.10. The standard InChI is InChI=1S/C13H15N3S/c1-9-5-6-10(17-9)7-14-13-11-3-2-4-12(11)15-8-16-13/h5-6,8H,2-4,7H2,1H3,(H,14,15,16). The van der Waals surface area contributed by atoms with Gasteiger partial charge < -0.3 is 5.32 Å². The number of rotatable bonds is 3. The molecule has 0 aromatic carbocycles. The van der Waals surface area contributed by atoms with Crippen molar-refractivity contribution >= 4 is 17.2 Å². The highest BCUT2D eigenvalue weighted by atomic mass is 32.1. The number of nitrogens with zero attached hydrogens (tertiary/aromatic N) is 2. The quantitative estimate of drug-likeness (QED) is 0.903. The summed E-state index contributed by atoms with van der Waals surface area (Å²) in [5.74, 6) is 1.03. The van der Waals surface area contributed by atoms with Gasteiger partial charge in [0.2, 0.25) is 0 Å². The SMILES string of the molecule is Cc1ccc(CNc2ncnc3c2CCC3)s1. The summed E-state index contributed by atoms with van der Waals surface area (Å²) in [6.45, 7) is 3.00. The highest BCUT2D eigenvalue weighted by Crippen LogP contribution is 2.26. The number of hydrogen-bond donors (Lipinski definition) is 1. The highest BCUT2D eigenvalue weighted by Gasteiger charge is 2.16. The summed E-state index contributed by atoms with van der Waals surface area (Å²) >= 11 is 1.83. The van der Waals surface area contributed by atoms with Crippen LogP contribution in [0.5, 0.6) is 0 Å². The van der Waals surface area contributed by atoms with Crippen molar-refractivity contribution in [1.82, 2.24) is 9.97 Å². The second-order valence-electron chi connectivity index (χ2n) is 4.37. The molecule has 1 aliphatic carbocycles. The minimum absolute atomic E-state index is 0.863. The molecule has 0 saturated heterocycles. The zero-order valence-corrected chi connectivity index (χ0v) is 10.7. The number of thiophene rings is 1. The molecule has 2 aromatic heterocycles. The van der Waals surface area contributed by atoms with Gasteiger partial charge in [-0.2, -0.15) is 0 Å². The van der Waals surface area contributed by atoms with E-state index in [2.05, 4.69) is 34.3 Å². The molecule has 0 spiro atoms. The number of aromatic nitrogens is 2. The first kappa shape index (κ1) is 10.7. The Balaban J connectivity index is 1.75. The third kappa shape index (κ3) is 2.17. The maximum atomic E-state index is 4.35. The van der Waals surface area contributed by atoms with Crippen molar-refractivity contribution in [2.24, 2.45) is 0 Å². The van der Waals surface area contributed by atoms with Gasteiger partial charge in [-0.25, -0.2) is 9.97 Å². The minimum atomic E-state index is 0.863. The molecule has 1 aliphatic rings. The molecule has 2 aromatic rings. The summed E-state index contributed by atoms with van der Waals surface area (Å²) < 4.78 is 0. The van der Waals surface area contributed by atoms with Crippen LogP contribution in [0, 0.1) is 6.92 Å². The van der Waals surface area contributed by atoms with Crippen LogP contribution < -0.4 is 5.32 Å². The van der Waals surface area contributed by atoms with Crippen LogP contribution in [0.4, 0.5) is 5.82 Å². The van der Waals surface area contributed by atoms with Gasteiger partial charge in [-0.15, -0.1) is 11.3 Å². The van der Waals surface area contributed by atoms with Gasteiger partial charge in [0, 0.05) is 21.0 Å². The lowest BCUT2D eigenvalue weighted by atomic mass is 10.2. The molecule has 0 saturated carbocycles. The predicted molar refractivity (Wildman–Crippen MR) is 70.4 cm³/mol. The second kappa shape index (κ2) is 4.45. The molecule has 0 amide bonds. The zero-order chi connectivity index (χ0) is 11.7. The summed E-state index contributed by atoms with van der Waals surface area (Å²) in [5, 5.41) is 3.43. The maximum Gasteiger partial charge on any atom is 0.133 e. The number of nitrogens with one attached hydrogen (secondary N) is 1. The second-order valence-corrected chi connectivity index (χ2v) is 5.74. The van der Waals surface area contributed by atoms with Crippen molar-refractivity contribution in [2.75, 3.05) is 5.32 Å². The average molecular weight is 245 g/mol. The van der Waals surface area contributed by atoms with Crippen LogP contribution in [0.3, 0.4) is 0 Å². The van der Waals surface area contributed by atoms with Gasteiger partial charge in [-0.3, -0.25) is 0 Å². The summed E-state index contributed by atoms with van der Waals surface area (Å²) in [5.41, 5.74) is 2.55. The molecule has 0 fully saturated rings. The Morgan fingerprint density at radius 2 is 2.24 bits per heavy atom. The van der Waals surface area contributed by atoms with Crippen molar-refractivity contribution in [1.29, 1.82) is 0 Å². The molecule has 1 N–H and O–H groups in total. The van der Waals surface area contributed by atoms with Gasteiger partial charge in [0.25, 0.3) is 0 Å². The fraction of sp³-hybridized carbons (Fsp3) is 0.385. The van der Waals surface area contributed by atoms with E-state index in [1.807, 2.05) is 11.3 Å². The molecular formula is C13H15N3S. The summed E-state index contributed by atoms with van der Waals surface area (Å²) in [4.78, 5) is 11.4. The molecular weight excluding hydrogens is 230 g/mol. The molecule has 0 radical (unpaired) electrons. The van der Waals surface area contributed by atoms with E-state index in [1.165, 1.54) is 27.4 Å². The lowest BCUT2D eigenvalue weighted by Gasteiger charge is -2.08. The first-order valence-electron chi connectivity index (χ1n) is 5.95. The number of aryl methyl sites for hydroxylation is 2. The van der Waals surface area contributed by atoms with Gasteiger partial charge in [0.05, 0.1) is 6.54 Å². The van der Waals surface area contributed by atoms with E-state index in [0.29, 0.717) is 0 Å². The minimum Gasteiger partial charge on any atom is -0.365 e. The molecule has 0 bridgehead atoms. The number of fused-ring (bicyclic) bond motifs is 1. The topological polar surface area (TPSA) is 37.8 Å². The van der Waals surface area contributed by atoms with Crippen LogP contribution in [0.15, 0.2) is 18.5 Å². The number of anilines is 1. The Kier molecular flexibility index (Phi) is 2.81. The van der Waals surface area contributed by atoms with Gasteiger partial charge in [0.1, 0.15) is 12.1 Å². The first-order valence-corrected chi connectivity index (χ1v) is 6.76. The highest BCUT2D eigenvalue weighted by molar-refractivity contribution is 7.11. The summed E-state index contributed by atoms with van der Waals surface area (Å²) in [6, 6.07) is 4.33. The van der Waals surface area contributed by atoms with Crippen LogP contribution in [-0.4, -0.2) is 9.97 Å². The van der Waals surface area contributed by atoms with E-state index in [-0.39, 0.29) is 0 Å². The monoisotopic (exact) mass is 245 g/mol. The van der Waals surface area contributed by atoms with Crippen LogP contribution >= 0.6 is 11.3 Å². The molecule has 17 heavy (non-hydrogen) atoms. The Morgan fingerprint density at radius 3 is 3.06 bits per heavy atom. The average Bonchev–Trinajstić information content (AvgIpc) is 2.94. The molecule has 0 aliphatic heterocycles. The van der Waals surface area contributed by atoms with Crippen molar-refractivity contribution in [3.63, 3.8) is 0 Å². The summed E-state index contributed by atoms with van der Waals surface area (Å²) in [7, 11) is 0. The van der Waals surface area contributed by atoms with Gasteiger partial charge in [-0.1, -0.05) is 0 Å². The van der Waals surface area contributed by atoms with Crippen LogP contribution in [-0.2, 0) is 19.4 Å². The van der Waals surface area contributed by atoms with Crippen molar-refractivity contribution in [2.45, 2.75) is 32.7 Å². The number of hydrogen-bond acceptors (Lipinski definition) is 4. The fourth-order valence-corrected chi connectivity index (χ4v) is 3.09. The van der Waals surface area contributed by atoms with E-state index in [4.69, 9.17) is 0 Å². The Morgan fingerprint density at radius 1 is 1.29 bits per heavy atom. The molecule has 0 unspecified atom stereocenters. The zero-order valence-electron chi connectivity index (χ0n) is 9.86. The fourth-order valence-electron chi connectivity index (χ4n) is 2.26. The maximum absolute atomic E-state index is 4.35. The molecule has 3 nitrogen and oxygen atoms in total. The lowest BCUT2D eigenvalue weighted by molar-refractivity contribution is 0.899. The first-order chi connectivity index (χ1) is 8.33. The molecule has 3 rings (SSSR count). The van der Waals surface area contributed by atoms with Crippen LogP contribution in [0.1, 0.15) is 27.4 Å². The molecule has 88 valence electrons. The van der Waals surface area contributed by atoms with E-state index in [9.17, 15) is 0 Å². The van der Waals surface area contributed by atoms with E-state index >= 15 is 0 Å². The van der Waals surface area contributed by atoms with Crippen LogP contribution in [0.2, 0.25) is 0 Å². The van der Waals surface area contributed by atoms with Gasteiger partial charge in [-0.05, 0) is 38.3 Å². The van der Waals surface area contributed by atoms with Crippen molar-refractivity contribution in [3.8, 4) is 0 Å². The third-order valence-electron chi connectivity index (χ3n) is 3.10. The van der Waals surface area contributed by atoms with Crippen molar-refractivity contribution < 1.29 is 0 Å². The van der Waals surface area contributed by atoms with Crippen LogP contribution in [0.25, 0.3) is 0 Å². The van der Waals surface area contributed by atoms with Crippen molar-refractivity contribution in [3.05, 3.63) is 39.5 Å². The van der Waals surface area contributed by atoms with E-state index < -0.39 is 0 Å². The smallest absolute Gasteiger partial charge is 0.133 e. The third-order valence-corrected chi connectivity index (χ3v) is 4.10. The molecule has 2 heterocycles. The molecule has 0 atom stereocenters. The lowest BCUT2D eigenvalue weighted by Crippen LogP contribution is -2.04. The van der Waals surface area contributed by atoms with Gasteiger partial charge >= 0.3 is 0 Å². The Hall–Kier alpha value is -1.42. The van der Waals surface area contributed by atoms with E-state index in [0.717, 1.165) is 25.2 Å². The predicted octanol–water partition coefficient (Wildman–Crippen LogP) is 2.95.